The van der Waals surface area contributed by atoms with E-state index in [9.17, 15) is 18.0 Å². The minimum absolute atomic E-state index is 0.00133. The Labute approximate surface area is 165 Å². The van der Waals surface area contributed by atoms with Gasteiger partial charge in [-0.1, -0.05) is 6.07 Å². The maximum absolute atomic E-state index is 14.5. The van der Waals surface area contributed by atoms with Crippen LogP contribution in [0.2, 0.25) is 0 Å². The lowest BCUT2D eigenvalue weighted by Crippen LogP contribution is -2.49. The Kier molecular flexibility index (Phi) is 5.44. The highest BCUT2D eigenvalue weighted by Crippen LogP contribution is 2.36. The smallest absolute Gasteiger partial charge is 0.252 e. The summed E-state index contributed by atoms with van der Waals surface area (Å²) in [5.74, 6) is -2.22. The van der Waals surface area contributed by atoms with Crippen LogP contribution in [0.1, 0.15) is 28.4 Å². The van der Waals surface area contributed by atoms with Gasteiger partial charge in [-0.2, -0.15) is 0 Å². The summed E-state index contributed by atoms with van der Waals surface area (Å²) in [7, 11) is 1.49. The molecule has 6 nitrogen and oxygen atoms in total. The number of halogens is 3. The molecule has 2 aliphatic rings. The summed E-state index contributed by atoms with van der Waals surface area (Å²) in [5.41, 5.74) is 6.45. The van der Waals surface area contributed by atoms with Gasteiger partial charge in [-0.3, -0.25) is 10.2 Å². The minimum atomic E-state index is -0.820. The zero-order valence-electron chi connectivity index (χ0n) is 15.6. The van der Waals surface area contributed by atoms with E-state index in [0.29, 0.717) is 30.3 Å². The largest absolute Gasteiger partial charge is 0.496 e. The molecule has 2 aliphatic heterocycles. The molecule has 4 rings (SSSR count). The molecule has 0 aromatic heterocycles. The third kappa shape index (κ3) is 3.93. The fraction of sp³-hybridized carbons (Fsp3) is 0.350. The number of piperidine rings is 1. The molecule has 0 bridgehead atoms. The summed E-state index contributed by atoms with van der Waals surface area (Å²) in [5, 5.41) is 6.07. The second-order valence-corrected chi connectivity index (χ2v) is 7.22. The Morgan fingerprint density at radius 2 is 1.90 bits per heavy atom. The highest BCUT2D eigenvalue weighted by atomic mass is 19.1. The first-order valence-corrected chi connectivity index (χ1v) is 9.30. The van der Waals surface area contributed by atoms with Gasteiger partial charge in [0, 0.05) is 41.7 Å². The molecule has 0 spiro atoms. The molecule has 2 fully saturated rings. The summed E-state index contributed by atoms with van der Waals surface area (Å²) in [6, 6.07) is 7.04. The molecule has 1 amide bonds. The van der Waals surface area contributed by atoms with Crippen LogP contribution in [0.25, 0.3) is 0 Å². The van der Waals surface area contributed by atoms with Crippen molar-refractivity contribution in [3.63, 3.8) is 0 Å². The van der Waals surface area contributed by atoms with Crippen LogP contribution in [-0.2, 0) is 0 Å². The second kappa shape index (κ2) is 8.02. The number of hydrogen-bond donors (Lipinski definition) is 4. The van der Waals surface area contributed by atoms with Crippen molar-refractivity contribution in [2.24, 2.45) is 5.92 Å². The van der Waals surface area contributed by atoms with Gasteiger partial charge >= 0.3 is 0 Å². The van der Waals surface area contributed by atoms with Gasteiger partial charge in [-0.15, -0.1) is 0 Å². The molecular weight excluding hydrogens is 385 g/mol. The molecule has 154 valence electrons. The van der Waals surface area contributed by atoms with Gasteiger partial charge in [0.15, 0.2) is 0 Å². The van der Waals surface area contributed by atoms with Gasteiger partial charge in [0.2, 0.25) is 0 Å². The number of amides is 1. The lowest BCUT2D eigenvalue weighted by molar-refractivity contribution is 0.0912. The summed E-state index contributed by atoms with van der Waals surface area (Å²) in [4.78, 5) is 12.5. The van der Waals surface area contributed by atoms with Crippen molar-refractivity contribution in [1.29, 1.82) is 0 Å². The topological polar surface area (TPSA) is 74.4 Å². The quantitative estimate of drug-likeness (QED) is 0.625. The second-order valence-electron chi connectivity index (χ2n) is 7.22. The molecular formula is C20H21F3N4O2. The van der Waals surface area contributed by atoms with Crippen LogP contribution in [0.4, 0.5) is 13.2 Å². The lowest BCUT2D eigenvalue weighted by atomic mass is 9.84. The fourth-order valence-electron chi connectivity index (χ4n) is 4.08. The number of hydrogen-bond acceptors (Lipinski definition) is 5. The van der Waals surface area contributed by atoms with E-state index < -0.39 is 23.7 Å². The minimum Gasteiger partial charge on any atom is -0.496 e. The predicted molar refractivity (Wildman–Crippen MR) is 99.5 cm³/mol. The van der Waals surface area contributed by atoms with Gasteiger partial charge in [0.05, 0.1) is 13.3 Å². The van der Waals surface area contributed by atoms with E-state index >= 15 is 0 Å². The third-order valence-corrected chi connectivity index (χ3v) is 5.45. The molecule has 4 atom stereocenters. The van der Waals surface area contributed by atoms with Crippen LogP contribution >= 0.6 is 0 Å². The van der Waals surface area contributed by atoms with E-state index in [1.165, 1.54) is 13.2 Å². The van der Waals surface area contributed by atoms with E-state index in [4.69, 9.17) is 4.74 Å². The van der Waals surface area contributed by atoms with Crippen LogP contribution in [-0.4, -0.2) is 31.8 Å². The van der Waals surface area contributed by atoms with Gasteiger partial charge in [-0.05, 0) is 30.7 Å². The van der Waals surface area contributed by atoms with E-state index in [1.54, 1.807) is 12.1 Å². The molecule has 2 aromatic rings. The Balaban J connectivity index is 1.51. The first-order valence-electron chi connectivity index (χ1n) is 9.30. The van der Waals surface area contributed by atoms with E-state index in [1.807, 2.05) is 0 Å². The molecule has 29 heavy (non-hydrogen) atoms. The molecule has 2 heterocycles. The van der Waals surface area contributed by atoms with Crippen LogP contribution in [0.15, 0.2) is 36.4 Å². The number of ether oxygens (including phenoxy) is 1. The first kappa shape index (κ1) is 19.7. The van der Waals surface area contributed by atoms with E-state index in [2.05, 4.69) is 21.5 Å². The van der Waals surface area contributed by atoms with Gasteiger partial charge in [-0.25, -0.2) is 18.6 Å². The maximum Gasteiger partial charge on any atom is 0.252 e. The van der Waals surface area contributed by atoms with E-state index in [-0.39, 0.29) is 29.4 Å². The molecule has 0 aliphatic carbocycles. The standard InChI is InChI=1S/C20H21F3N4O2/c1-29-17-4-2-3-14(23)18(17)15-8-13-16(9-24-15)26-27-19(13)25-20(28)10-5-11(21)7-12(22)6-10/h2-7,13,15-16,19,24,26-27H,8-9H2,1H3,(H,25,28). The average molecular weight is 406 g/mol. The number of methoxy groups -OCH3 is 1. The van der Waals surface area contributed by atoms with Crippen molar-refractivity contribution >= 4 is 5.91 Å². The molecule has 9 heteroatoms. The maximum atomic E-state index is 14.5. The summed E-state index contributed by atoms with van der Waals surface area (Å²) < 4.78 is 46.6. The van der Waals surface area contributed by atoms with Crippen molar-refractivity contribution in [1.82, 2.24) is 21.5 Å². The molecule has 2 saturated heterocycles. The predicted octanol–water partition coefficient (Wildman–Crippen LogP) is 2.00. The molecule has 4 unspecified atom stereocenters. The zero-order valence-corrected chi connectivity index (χ0v) is 15.6. The first-order chi connectivity index (χ1) is 14.0. The molecule has 2 aromatic carbocycles. The van der Waals surface area contributed by atoms with Crippen molar-refractivity contribution in [2.75, 3.05) is 13.7 Å². The zero-order chi connectivity index (χ0) is 20.5. The Bertz CT molecular complexity index is 906. The fourth-order valence-corrected chi connectivity index (χ4v) is 4.08. The van der Waals surface area contributed by atoms with Gasteiger partial charge < -0.3 is 15.4 Å². The SMILES string of the molecule is COc1cccc(F)c1C1CC2C(CN1)NNC2NC(=O)c1cc(F)cc(F)c1. The number of fused-ring (bicyclic) bond motifs is 1. The Morgan fingerprint density at radius 3 is 2.62 bits per heavy atom. The number of carbonyl (C=O) groups is 1. The van der Waals surface area contributed by atoms with Crippen molar-refractivity contribution < 1.29 is 22.7 Å². The van der Waals surface area contributed by atoms with Crippen molar-refractivity contribution in [3.05, 3.63) is 65.0 Å². The number of carbonyl (C=O) groups excluding carboxylic acids is 1. The van der Waals surface area contributed by atoms with Gasteiger partial charge in [0.1, 0.15) is 23.2 Å². The third-order valence-electron chi connectivity index (χ3n) is 5.45. The van der Waals surface area contributed by atoms with Gasteiger partial charge in [0.25, 0.3) is 5.91 Å². The van der Waals surface area contributed by atoms with Crippen LogP contribution in [0.3, 0.4) is 0 Å². The van der Waals surface area contributed by atoms with Crippen molar-refractivity contribution in [3.8, 4) is 5.75 Å². The normalized spacial score (nSPS) is 26.1. The summed E-state index contributed by atoms with van der Waals surface area (Å²) >= 11 is 0. The highest BCUT2D eigenvalue weighted by molar-refractivity contribution is 5.94. The number of hydrazine groups is 1. The number of nitrogens with one attached hydrogen (secondary N) is 4. The van der Waals surface area contributed by atoms with Crippen LogP contribution in [0, 0.1) is 23.4 Å². The monoisotopic (exact) mass is 406 g/mol. The number of benzene rings is 2. The average Bonchev–Trinajstić information content (AvgIpc) is 3.09. The molecule has 0 saturated carbocycles. The summed E-state index contributed by atoms with van der Waals surface area (Å²) in [6.45, 7) is 0.542. The van der Waals surface area contributed by atoms with E-state index in [0.717, 1.165) is 12.1 Å². The Hall–Kier alpha value is -2.62. The lowest BCUT2D eigenvalue weighted by Gasteiger charge is -2.35. The molecule has 0 radical (unpaired) electrons. The highest BCUT2D eigenvalue weighted by Gasteiger charge is 2.42. The summed E-state index contributed by atoms with van der Waals surface area (Å²) in [6.07, 6.45) is 0.0333. The number of rotatable bonds is 4. The van der Waals surface area contributed by atoms with Crippen LogP contribution in [0.5, 0.6) is 5.75 Å². The van der Waals surface area contributed by atoms with Crippen molar-refractivity contribution in [2.45, 2.75) is 24.7 Å². The molecule has 4 N–H and O–H groups in total. The Morgan fingerprint density at radius 1 is 1.14 bits per heavy atom. The van der Waals surface area contributed by atoms with Crippen LogP contribution < -0.4 is 26.2 Å².